The van der Waals surface area contributed by atoms with Crippen LogP contribution in [0.4, 0.5) is 0 Å². The largest absolute Gasteiger partial charge is 0.324 e. The van der Waals surface area contributed by atoms with Crippen LogP contribution in [0, 0.1) is 0 Å². The summed E-state index contributed by atoms with van der Waals surface area (Å²) in [5, 5.41) is 0. The molecule has 2 aromatic rings. The van der Waals surface area contributed by atoms with E-state index in [1.807, 2.05) is 29.7 Å². The van der Waals surface area contributed by atoms with Crippen molar-refractivity contribution in [1.29, 1.82) is 0 Å². The minimum atomic E-state index is 0.0528. The van der Waals surface area contributed by atoms with Gasteiger partial charge in [-0.2, -0.15) is 0 Å². The van der Waals surface area contributed by atoms with Gasteiger partial charge in [0.2, 0.25) is 0 Å². The Balaban J connectivity index is 2.05. The lowest BCUT2D eigenvalue weighted by Crippen LogP contribution is -2.12. The number of nitrogens with two attached hydrogens (primary N) is 1. The van der Waals surface area contributed by atoms with Crippen molar-refractivity contribution in [3.63, 3.8) is 0 Å². The molecule has 0 fully saturated rings. The number of aromatic nitrogens is 1. The minimum Gasteiger partial charge on any atom is -0.324 e. The average molecular weight is 232 g/mol. The molecule has 1 atom stereocenters. The molecular formula is C13H16N2S. The second-order valence-corrected chi connectivity index (χ2v) is 5.07. The van der Waals surface area contributed by atoms with Gasteiger partial charge in [-0.1, -0.05) is 13.0 Å². The summed E-state index contributed by atoms with van der Waals surface area (Å²) < 4.78 is 0. The van der Waals surface area contributed by atoms with Crippen molar-refractivity contribution < 1.29 is 0 Å². The lowest BCUT2D eigenvalue weighted by Gasteiger charge is -2.09. The molecule has 2 N–H and O–H groups in total. The molecule has 0 saturated carbocycles. The highest BCUT2D eigenvalue weighted by atomic mass is 32.1. The van der Waals surface area contributed by atoms with E-state index in [-0.39, 0.29) is 6.04 Å². The van der Waals surface area contributed by atoms with E-state index in [1.165, 1.54) is 9.75 Å². The number of pyridine rings is 1. The summed E-state index contributed by atoms with van der Waals surface area (Å²) in [4.78, 5) is 6.87. The first-order valence-electron chi connectivity index (χ1n) is 5.52. The van der Waals surface area contributed by atoms with Gasteiger partial charge in [0.25, 0.3) is 0 Å². The Morgan fingerprint density at radius 3 is 2.75 bits per heavy atom. The third-order valence-electron chi connectivity index (χ3n) is 2.60. The zero-order valence-corrected chi connectivity index (χ0v) is 10.2. The molecule has 0 radical (unpaired) electrons. The summed E-state index contributed by atoms with van der Waals surface area (Å²) in [5.41, 5.74) is 7.25. The zero-order valence-electron chi connectivity index (χ0n) is 9.39. The molecule has 16 heavy (non-hydrogen) atoms. The Morgan fingerprint density at radius 1 is 1.31 bits per heavy atom. The molecule has 0 spiro atoms. The quantitative estimate of drug-likeness (QED) is 0.880. The maximum absolute atomic E-state index is 6.14. The highest BCUT2D eigenvalue weighted by Crippen LogP contribution is 2.22. The number of rotatable bonds is 4. The van der Waals surface area contributed by atoms with Gasteiger partial charge in [-0.05, 0) is 30.2 Å². The monoisotopic (exact) mass is 232 g/mol. The fraction of sp³-hybridized carbons (Fsp3) is 0.308. The fourth-order valence-corrected chi connectivity index (χ4v) is 2.67. The molecule has 2 heterocycles. The molecule has 3 heteroatoms. The highest BCUT2D eigenvalue weighted by molar-refractivity contribution is 7.11. The molecule has 2 nitrogen and oxygen atoms in total. The first-order chi connectivity index (χ1) is 7.79. The summed E-state index contributed by atoms with van der Waals surface area (Å²) in [7, 11) is 0. The molecule has 0 aliphatic rings. The Labute approximate surface area is 100 Å². The van der Waals surface area contributed by atoms with Crippen LogP contribution in [0.1, 0.15) is 28.3 Å². The van der Waals surface area contributed by atoms with Gasteiger partial charge in [-0.25, -0.2) is 0 Å². The van der Waals surface area contributed by atoms with E-state index >= 15 is 0 Å². The van der Waals surface area contributed by atoms with Crippen molar-refractivity contribution in [2.45, 2.75) is 25.8 Å². The van der Waals surface area contributed by atoms with E-state index in [0.717, 1.165) is 18.4 Å². The Kier molecular flexibility index (Phi) is 3.70. The Bertz CT molecular complexity index is 436. The molecule has 0 aromatic carbocycles. The van der Waals surface area contributed by atoms with E-state index in [2.05, 4.69) is 24.0 Å². The van der Waals surface area contributed by atoms with Gasteiger partial charge in [0, 0.05) is 34.6 Å². The standard InChI is InChI=1S/C13H16N2S/c1-2-11-5-6-12(16-11)8-13(14)10-4-3-7-15-9-10/h3-7,9,13H,2,8,14H2,1H3. The van der Waals surface area contributed by atoms with E-state index < -0.39 is 0 Å². The first-order valence-corrected chi connectivity index (χ1v) is 6.34. The third kappa shape index (κ3) is 2.68. The molecular weight excluding hydrogens is 216 g/mol. The highest BCUT2D eigenvalue weighted by Gasteiger charge is 2.08. The van der Waals surface area contributed by atoms with Crippen LogP contribution in [-0.4, -0.2) is 4.98 Å². The van der Waals surface area contributed by atoms with E-state index in [0.29, 0.717) is 0 Å². The van der Waals surface area contributed by atoms with Crippen LogP contribution in [0.2, 0.25) is 0 Å². The Morgan fingerprint density at radius 2 is 2.12 bits per heavy atom. The molecule has 1 unspecified atom stereocenters. The molecule has 2 rings (SSSR count). The van der Waals surface area contributed by atoms with Crippen LogP contribution in [-0.2, 0) is 12.8 Å². The van der Waals surface area contributed by atoms with Crippen LogP contribution in [0.15, 0.2) is 36.7 Å². The van der Waals surface area contributed by atoms with Crippen LogP contribution in [0.3, 0.4) is 0 Å². The van der Waals surface area contributed by atoms with Crippen molar-refractivity contribution in [2.75, 3.05) is 0 Å². The topological polar surface area (TPSA) is 38.9 Å². The van der Waals surface area contributed by atoms with Crippen LogP contribution in [0.5, 0.6) is 0 Å². The average Bonchev–Trinajstić information content (AvgIpc) is 2.78. The lowest BCUT2D eigenvalue weighted by atomic mass is 10.1. The number of hydrogen-bond acceptors (Lipinski definition) is 3. The van der Waals surface area contributed by atoms with Crippen LogP contribution < -0.4 is 5.73 Å². The number of thiophene rings is 1. The zero-order chi connectivity index (χ0) is 11.4. The number of nitrogens with zero attached hydrogens (tertiary/aromatic N) is 1. The Hall–Kier alpha value is -1.19. The van der Waals surface area contributed by atoms with E-state index in [1.54, 1.807) is 6.20 Å². The fourth-order valence-electron chi connectivity index (χ4n) is 1.65. The van der Waals surface area contributed by atoms with Crippen LogP contribution >= 0.6 is 11.3 Å². The van der Waals surface area contributed by atoms with Gasteiger partial charge in [0.15, 0.2) is 0 Å². The maximum Gasteiger partial charge on any atom is 0.0359 e. The molecule has 0 amide bonds. The van der Waals surface area contributed by atoms with Crippen molar-refractivity contribution in [2.24, 2.45) is 5.73 Å². The van der Waals surface area contributed by atoms with Crippen molar-refractivity contribution in [1.82, 2.24) is 4.98 Å². The summed E-state index contributed by atoms with van der Waals surface area (Å²) in [5.74, 6) is 0. The van der Waals surface area contributed by atoms with Crippen molar-refractivity contribution in [3.8, 4) is 0 Å². The van der Waals surface area contributed by atoms with Gasteiger partial charge in [-0.15, -0.1) is 11.3 Å². The van der Waals surface area contributed by atoms with Crippen molar-refractivity contribution in [3.05, 3.63) is 52.0 Å². The molecule has 0 aliphatic heterocycles. The molecule has 0 bridgehead atoms. The second kappa shape index (κ2) is 5.23. The molecule has 84 valence electrons. The normalized spacial score (nSPS) is 12.6. The summed E-state index contributed by atoms with van der Waals surface area (Å²) >= 11 is 1.86. The maximum atomic E-state index is 6.14. The minimum absolute atomic E-state index is 0.0528. The summed E-state index contributed by atoms with van der Waals surface area (Å²) in [6.07, 6.45) is 5.62. The first kappa shape index (κ1) is 11.3. The van der Waals surface area contributed by atoms with E-state index in [4.69, 9.17) is 5.73 Å². The third-order valence-corrected chi connectivity index (χ3v) is 3.85. The van der Waals surface area contributed by atoms with Gasteiger partial charge in [0.05, 0.1) is 0 Å². The summed E-state index contributed by atoms with van der Waals surface area (Å²) in [6, 6.07) is 8.39. The molecule has 0 saturated heterocycles. The van der Waals surface area contributed by atoms with Gasteiger partial charge >= 0.3 is 0 Å². The van der Waals surface area contributed by atoms with Gasteiger partial charge in [-0.3, -0.25) is 4.98 Å². The second-order valence-electron chi connectivity index (χ2n) is 3.82. The van der Waals surface area contributed by atoms with Crippen molar-refractivity contribution >= 4 is 11.3 Å². The number of hydrogen-bond donors (Lipinski definition) is 1. The molecule has 0 aliphatic carbocycles. The van der Waals surface area contributed by atoms with Gasteiger partial charge < -0.3 is 5.73 Å². The SMILES string of the molecule is CCc1ccc(CC(N)c2cccnc2)s1. The smallest absolute Gasteiger partial charge is 0.0359 e. The predicted octanol–water partition coefficient (Wildman–Crippen LogP) is 2.95. The predicted molar refractivity (Wildman–Crippen MR) is 68.6 cm³/mol. The van der Waals surface area contributed by atoms with Gasteiger partial charge in [0.1, 0.15) is 0 Å². The summed E-state index contributed by atoms with van der Waals surface area (Å²) in [6.45, 7) is 2.18. The molecule has 2 aromatic heterocycles. The number of aryl methyl sites for hydroxylation is 1. The lowest BCUT2D eigenvalue weighted by molar-refractivity contribution is 0.726. The van der Waals surface area contributed by atoms with E-state index in [9.17, 15) is 0 Å². The van der Waals surface area contributed by atoms with Crippen LogP contribution in [0.25, 0.3) is 0 Å².